The molecule has 3 amide bonds. The Kier molecular flexibility index (Phi) is 7.81. The number of para-hydroxylation sites is 1. The molecule has 10 nitrogen and oxygen atoms in total. The monoisotopic (exact) mass is 524 g/mol. The minimum atomic E-state index is -0.275. The lowest BCUT2D eigenvalue weighted by Crippen LogP contribution is -2.57. The number of hydrogen-bond donors (Lipinski definition) is 2. The number of benzene rings is 2. The smallest absolute Gasteiger partial charge is 0.321 e. The first-order valence-corrected chi connectivity index (χ1v) is 13.0. The summed E-state index contributed by atoms with van der Waals surface area (Å²) in [6.07, 6.45) is 5.34. The third-order valence-electron chi connectivity index (χ3n) is 6.68. The number of nitrogens with one attached hydrogen (secondary N) is 2. The van der Waals surface area contributed by atoms with Crippen molar-refractivity contribution < 1.29 is 9.59 Å². The van der Waals surface area contributed by atoms with Gasteiger partial charge in [0, 0.05) is 62.4 Å². The summed E-state index contributed by atoms with van der Waals surface area (Å²) in [6.45, 7) is 5.79. The van der Waals surface area contributed by atoms with Crippen molar-refractivity contribution in [3.63, 3.8) is 0 Å². The summed E-state index contributed by atoms with van der Waals surface area (Å²) in [7, 11) is 0. The van der Waals surface area contributed by atoms with E-state index in [2.05, 4.69) is 25.5 Å². The van der Waals surface area contributed by atoms with Crippen LogP contribution in [0.2, 0.25) is 0 Å². The molecule has 2 aromatic heterocycles. The van der Waals surface area contributed by atoms with Gasteiger partial charge in [0.05, 0.1) is 6.04 Å². The van der Waals surface area contributed by atoms with E-state index in [0.717, 1.165) is 16.9 Å². The fourth-order valence-electron chi connectivity index (χ4n) is 4.61. The highest BCUT2D eigenvalue weighted by atomic mass is 16.2. The Morgan fingerprint density at radius 2 is 1.79 bits per heavy atom. The van der Waals surface area contributed by atoms with Gasteiger partial charge >= 0.3 is 6.03 Å². The van der Waals surface area contributed by atoms with Gasteiger partial charge in [-0.25, -0.2) is 14.8 Å². The van der Waals surface area contributed by atoms with Crippen molar-refractivity contribution in [2.24, 2.45) is 0 Å². The number of carbonyl (C=O) groups is 2. The molecule has 1 unspecified atom stereocenters. The van der Waals surface area contributed by atoms with Crippen molar-refractivity contribution in [2.75, 3.05) is 29.9 Å². The first kappa shape index (κ1) is 25.9. The zero-order chi connectivity index (χ0) is 27.2. The largest absolute Gasteiger partial charge is 0.352 e. The molecular formula is C29H32N8O2. The van der Waals surface area contributed by atoms with Gasteiger partial charge in [-0.15, -0.1) is 0 Å². The van der Waals surface area contributed by atoms with E-state index in [0.29, 0.717) is 37.9 Å². The molecule has 2 N–H and O–H groups in total. The van der Waals surface area contributed by atoms with Crippen LogP contribution in [0.25, 0.3) is 5.95 Å². The molecule has 5 rings (SSSR count). The Labute approximate surface area is 227 Å². The first-order valence-electron chi connectivity index (χ1n) is 13.0. The molecule has 4 aromatic rings. The van der Waals surface area contributed by atoms with E-state index in [1.807, 2.05) is 74.5 Å². The van der Waals surface area contributed by atoms with Crippen LogP contribution in [-0.4, -0.2) is 62.0 Å². The summed E-state index contributed by atoms with van der Waals surface area (Å²) >= 11 is 0. The molecule has 1 aliphatic heterocycles. The molecule has 1 aliphatic rings. The van der Waals surface area contributed by atoms with Gasteiger partial charge in [-0.2, -0.15) is 4.98 Å². The minimum absolute atomic E-state index is 0.0866. The number of anilines is 2. The number of nitrogens with zero attached hydrogens (tertiary/aromatic N) is 6. The molecule has 0 aliphatic carbocycles. The quantitative estimate of drug-likeness (QED) is 0.382. The van der Waals surface area contributed by atoms with Gasteiger partial charge in [0.15, 0.2) is 0 Å². The lowest BCUT2D eigenvalue weighted by molar-refractivity contribution is -0.121. The van der Waals surface area contributed by atoms with Gasteiger partial charge in [0.25, 0.3) is 0 Å². The highest BCUT2D eigenvalue weighted by Crippen LogP contribution is 2.23. The van der Waals surface area contributed by atoms with Crippen LogP contribution in [0.15, 0.2) is 79.4 Å². The molecule has 3 heterocycles. The van der Waals surface area contributed by atoms with Crippen molar-refractivity contribution in [2.45, 2.75) is 32.9 Å². The van der Waals surface area contributed by atoms with E-state index >= 15 is 0 Å². The second kappa shape index (κ2) is 11.8. The Hall–Kier alpha value is -4.73. The van der Waals surface area contributed by atoms with Crippen LogP contribution < -0.4 is 15.5 Å². The molecule has 0 saturated carbocycles. The van der Waals surface area contributed by atoms with Gasteiger partial charge in [0.2, 0.25) is 11.9 Å². The Bertz CT molecular complexity index is 1410. The lowest BCUT2D eigenvalue weighted by Gasteiger charge is -2.42. The summed E-state index contributed by atoms with van der Waals surface area (Å²) in [4.78, 5) is 43.5. The molecule has 0 bridgehead atoms. The summed E-state index contributed by atoms with van der Waals surface area (Å²) in [5, 5.41) is 6.00. The second-order valence-corrected chi connectivity index (χ2v) is 9.69. The number of urea groups is 1. The van der Waals surface area contributed by atoms with Crippen LogP contribution in [0.1, 0.15) is 23.2 Å². The highest BCUT2D eigenvalue weighted by Gasteiger charge is 2.32. The molecule has 2 aromatic carbocycles. The molecule has 39 heavy (non-hydrogen) atoms. The fraction of sp³-hybridized carbons (Fsp3) is 0.276. The number of imidazole rings is 1. The lowest BCUT2D eigenvalue weighted by atomic mass is 10.1. The van der Waals surface area contributed by atoms with Crippen LogP contribution in [0.4, 0.5) is 16.3 Å². The maximum atomic E-state index is 13.1. The van der Waals surface area contributed by atoms with Crippen LogP contribution in [0.3, 0.4) is 0 Å². The number of rotatable bonds is 7. The SMILES string of the molecule is Cc1ccc(CNC(=O)CC2CN(C(=O)Nc3ccccc3)CCN2c2cc(C)nc(-n3ccnc3)n2)cc1. The van der Waals surface area contributed by atoms with Crippen LogP contribution in [0.5, 0.6) is 0 Å². The summed E-state index contributed by atoms with van der Waals surface area (Å²) in [6, 6.07) is 18.9. The van der Waals surface area contributed by atoms with Gasteiger partial charge < -0.3 is 20.4 Å². The van der Waals surface area contributed by atoms with Crippen LogP contribution >= 0.6 is 0 Å². The molecule has 200 valence electrons. The van der Waals surface area contributed by atoms with Crippen molar-refractivity contribution in [1.29, 1.82) is 0 Å². The van der Waals surface area contributed by atoms with E-state index in [-0.39, 0.29) is 24.4 Å². The van der Waals surface area contributed by atoms with Crippen molar-refractivity contribution in [3.05, 3.63) is 96.2 Å². The first-order chi connectivity index (χ1) is 18.9. The van der Waals surface area contributed by atoms with E-state index < -0.39 is 0 Å². The third-order valence-corrected chi connectivity index (χ3v) is 6.68. The van der Waals surface area contributed by atoms with Crippen molar-refractivity contribution >= 4 is 23.4 Å². The van der Waals surface area contributed by atoms with Gasteiger partial charge in [0.1, 0.15) is 12.1 Å². The van der Waals surface area contributed by atoms with E-state index in [4.69, 9.17) is 4.98 Å². The average Bonchev–Trinajstić information content (AvgIpc) is 3.48. The molecular weight excluding hydrogens is 492 g/mol. The maximum absolute atomic E-state index is 13.1. The topological polar surface area (TPSA) is 108 Å². The van der Waals surface area contributed by atoms with Gasteiger partial charge in [-0.1, -0.05) is 48.0 Å². The fourth-order valence-corrected chi connectivity index (χ4v) is 4.61. The Balaban J connectivity index is 1.34. The number of carbonyl (C=O) groups excluding carboxylic acids is 2. The number of aryl methyl sites for hydroxylation is 2. The van der Waals surface area contributed by atoms with E-state index in [1.54, 1.807) is 28.2 Å². The summed E-state index contributed by atoms with van der Waals surface area (Å²) in [5.74, 6) is 1.14. The third kappa shape index (κ3) is 6.59. The number of hydrogen-bond acceptors (Lipinski definition) is 6. The Morgan fingerprint density at radius 3 is 2.54 bits per heavy atom. The zero-order valence-electron chi connectivity index (χ0n) is 22.1. The second-order valence-electron chi connectivity index (χ2n) is 9.69. The summed E-state index contributed by atoms with van der Waals surface area (Å²) in [5.41, 5.74) is 3.74. The minimum Gasteiger partial charge on any atom is -0.352 e. The van der Waals surface area contributed by atoms with Crippen LogP contribution in [0, 0.1) is 13.8 Å². The standard InChI is InChI=1S/C29H32N8O2/c1-21-8-10-23(11-9-21)18-31-27(38)17-25-19-35(29(39)33-24-6-4-3-5-7-24)14-15-37(25)26-16-22(2)32-28(34-26)36-13-12-30-20-36/h3-13,16,20,25H,14-15,17-19H2,1-2H3,(H,31,38)(H,33,39). The Morgan fingerprint density at radius 1 is 1.00 bits per heavy atom. The van der Waals surface area contributed by atoms with E-state index in [1.165, 1.54) is 5.56 Å². The van der Waals surface area contributed by atoms with Gasteiger partial charge in [-0.3, -0.25) is 9.36 Å². The molecule has 1 saturated heterocycles. The molecule has 1 fully saturated rings. The zero-order valence-corrected chi connectivity index (χ0v) is 22.1. The van der Waals surface area contributed by atoms with Crippen LogP contribution in [-0.2, 0) is 11.3 Å². The predicted molar refractivity (Wildman–Crippen MR) is 150 cm³/mol. The number of aromatic nitrogens is 4. The molecule has 10 heteroatoms. The highest BCUT2D eigenvalue weighted by molar-refractivity contribution is 5.89. The molecule has 1 atom stereocenters. The average molecular weight is 525 g/mol. The predicted octanol–water partition coefficient (Wildman–Crippen LogP) is 3.71. The number of piperazine rings is 1. The number of amides is 3. The van der Waals surface area contributed by atoms with E-state index in [9.17, 15) is 9.59 Å². The molecule has 0 radical (unpaired) electrons. The normalized spacial score (nSPS) is 15.2. The van der Waals surface area contributed by atoms with Crippen molar-refractivity contribution in [3.8, 4) is 5.95 Å². The molecule has 0 spiro atoms. The van der Waals surface area contributed by atoms with Gasteiger partial charge in [-0.05, 0) is 31.5 Å². The summed E-state index contributed by atoms with van der Waals surface area (Å²) < 4.78 is 1.75. The maximum Gasteiger partial charge on any atom is 0.321 e. The van der Waals surface area contributed by atoms with Crippen molar-refractivity contribution in [1.82, 2.24) is 29.7 Å².